The van der Waals surface area contributed by atoms with E-state index in [1.807, 2.05) is 199 Å². The van der Waals surface area contributed by atoms with Gasteiger partial charge in [-0.2, -0.15) is 0 Å². The average molecular weight is 1710 g/mol. The van der Waals surface area contributed by atoms with Crippen LogP contribution in [0, 0.1) is 64.8 Å². The molecule has 10 heterocycles. The van der Waals surface area contributed by atoms with Crippen LogP contribution < -0.4 is 21.3 Å². The van der Waals surface area contributed by atoms with E-state index in [2.05, 4.69) is 144 Å². The van der Waals surface area contributed by atoms with Crippen molar-refractivity contribution in [3.8, 4) is 89.7 Å². The van der Waals surface area contributed by atoms with Crippen LogP contribution in [0.3, 0.4) is 0 Å². The molecule has 22 heteroatoms. The van der Waals surface area contributed by atoms with E-state index in [0.717, 1.165) is 124 Å². The van der Waals surface area contributed by atoms with Gasteiger partial charge in [-0.05, 0) is 255 Å². The highest BCUT2D eigenvalue weighted by Crippen LogP contribution is 2.34. The third-order valence-electron chi connectivity index (χ3n) is 21.7. The lowest BCUT2D eigenvalue weighted by Gasteiger charge is -2.12. The van der Waals surface area contributed by atoms with E-state index in [1.165, 1.54) is 81.4 Å². The van der Waals surface area contributed by atoms with Gasteiger partial charge in [0, 0.05) is 125 Å². The minimum Gasteiger partial charge on any atom is -0.379 e. The Bertz CT molecular complexity index is 7050. The van der Waals surface area contributed by atoms with Crippen LogP contribution in [0.15, 0.2) is 341 Å². The first-order valence-electron chi connectivity index (χ1n) is 42.3. The number of para-hydroxylation sites is 4. The number of nitrogens with zero attached hydrogens (tertiary/aromatic N) is 14. The minimum absolute atomic E-state index is 0.280. The molecular weight excluding hydrogens is 1630 g/mol. The number of fused-ring (bicyclic) bond motifs is 4. The van der Waals surface area contributed by atoms with Gasteiger partial charge in [0.2, 0.25) is 0 Å². The van der Waals surface area contributed by atoms with Crippen molar-refractivity contribution < 1.29 is 17.6 Å². The maximum atomic E-state index is 14.8. The fraction of sp³-hybridized carbons (Fsp3) is 0.0926. The lowest BCUT2D eigenvalue weighted by molar-refractivity contribution is 0.628. The predicted molar refractivity (Wildman–Crippen MR) is 512 cm³/mol. The molecule has 0 radical (unpaired) electrons. The van der Waals surface area contributed by atoms with Crippen molar-refractivity contribution >= 4 is 66.9 Å². The van der Waals surface area contributed by atoms with Crippen LogP contribution in [0.4, 0.5) is 40.3 Å². The second-order valence-electron chi connectivity index (χ2n) is 31.3. The molecule has 130 heavy (non-hydrogen) atoms. The van der Waals surface area contributed by atoms with E-state index < -0.39 is 0 Å². The summed E-state index contributed by atoms with van der Waals surface area (Å²) in [6, 6.07) is 86.8. The summed E-state index contributed by atoms with van der Waals surface area (Å²) in [7, 11) is 0. The van der Waals surface area contributed by atoms with Crippen LogP contribution >= 0.6 is 0 Å². The molecule has 636 valence electrons. The summed E-state index contributed by atoms with van der Waals surface area (Å²) in [6.07, 6.45) is 17.7. The number of benzene rings is 10. The van der Waals surface area contributed by atoms with Gasteiger partial charge in [-0.1, -0.05) is 121 Å². The summed E-state index contributed by atoms with van der Waals surface area (Å²) in [5, 5.41) is 13.8. The first-order valence-corrected chi connectivity index (χ1v) is 42.3. The summed E-state index contributed by atoms with van der Waals surface area (Å²) in [5.74, 6) is -1.18. The molecule has 10 aromatic heterocycles. The average Bonchev–Trinajstić information content (AvgIpc) is 0.811. The summed E-state index contributed by atoms with van der Waals surface area (Å²) >= 11 is 0. The van der Waals surface area contributed by atoms with Gasteiger partial charge in [-0.15, -0.1) is 0 Å². The second kappa shape index (κ2) is 39.7. The monoisotopic (exact) mass is 1710 g/mol. The number of hydrogen-bond acceptors (Lipinski definition) is 18. The lowest BCUT2D eigenvalue weighted by atomic mass is 9.98. The molecule has 20 aromatic rings. The second-order valence-corrected chi connectivity index (χ2v) is 31.3. The van der Waals surface area contributed by atoms with E-state index in [0.29, 0.717) is 76.5 Å². The number of aromatic nitrogens is 14. The van der Waals surface area contributed by atoms with Gasteiger partial charge in [-0.3, -0.25) is 49.8 Å². The molecule has 0 bridgehead atoms. The fourth-order valence-electron chi connectivity index (χ4n) is 15.2. The first-order chi connectivity index (χ1) is 63.4. The Kier molecular flexibility index (Phi) is 26.1. The normalized spacial score (nSPS) is 11.0. The van der Waals surface area contributed by atoms with Gasteiger partial charge in [0.1, 0.15) is 45.3 Å². The van der Waals surface area contributed by atoms with Crippen molar-refractivity contribution in [2.24, 2.45) is 0 Å². The van der Waals surface area contributed by atoms with Crippen molar-refractivity contribution in [1.82, 2.24) is 69.8 Å². The number of pyridine rings is 6. The summed E-state index contributed by atoms with van der Waals surface area (Å²) < 4.78 is 55.5. The summed E-state index contributed by atoms with van der Waals surface area (Å²) in [5.41, 5.74) is 34.0. The summed E-state index contributed by atoms with van der Waals surface area (Å²) in [4.78, 5) is 63.1. The fourth-order valence-corrected chi connectivity index (χ4v) is 15.2. The van der Waals surface area contributed by atoms with E-state index >= 15 is 0 Å². The van der Waals surface area contributed by atoms with E-state index in [-0.39, 0.29) is 23.3 Å². The first kappa shape index (κ1) is 85.5. The van der Waals surface area contributed by atoms with Gasteiger partial charge in [-0.25, -0.2) is 37.5 Å². The number of anilines is 4. The highest BCUT2D eigenvalue weighted by molar-refractivity contribution is 5.92. The zero-order chi connectivity index (χ0) is 89.4. The maximum Gasteiger partial charge on any atom is 0.131 e. The van der Waals surface area contributed by atoms with Crippen molar-refractivity contribution in [2.75, 3.05) is 21.3 Å². The van der Waals surface area contributed by atoms with Crippen molar-refractivity contribution in [1.29, 1.82) is 0 Å². The van der Waals surface area contributed by atoms with Gasteiger partial charge in [0.25, 0.3) is 0 Å². The Balaban J connectivity index is 0.000000121. The number of nitrogens with one attached hydrogen (secondary N) is 4. The highest BCUT2D eigenvalue weighted by Gasteiger charge is 2.17. The Hall–Kier alpha value is -16.6. The maximum absolute atomic E-state index is 14.8. The smallest absolute Gasteiger partial charge is 0.131 e. The molecule has 0 aliphatic carbocycles. The minimum atomic E-state index is -0.317. The quantitative estimate of drug-likeness (QED) is 0.0520. The molecule has 0 unspecified atom stereocenters. The predicted octanol–water partition coefficient (Wildman–Crippen LogP) is 25.1. The van der Waals surface area contributed by atoms with Crippen LogP contribution in [0.1, 0.15) is 56.3 Å². The number of halogens is 4. The molecule has 0 fully saturated rings. The zero-order valence-electron chi connectivity index (χ0n) is 71.9. The Morgan fingerprint density at radius 3 is 0.915 bits per heavy atom. The van der Waals surface area contributed by atoms with Gasteiger partial charge < -0.3 is 21.3 Å². The number of aryl methyl sites for hydroxylation is 6. The van der Waals surface area contributed by atoms with Crippen molar-refractivity contribution in [3.63, 3.8) is 0 Å². The van der Waals surface area contributed by atoms with Gasteiger partial charge >= 0.3 is 0 Å². The van der Waals surface area contributed by atoms with Gasteiger partial charge in [0.05, 0.1) is 98.1 Å². The molecule has 4 N–H and O–H groups in total. The Morgan fingerprint density at radius 1 is 0.223 bits per heavy atom. The van der Waals surface area contributed by atoms with Crippen LogP contribution in [-0.2, 0) is 26.2 Å². The molecule has 20 rings (SSSR count). The van der Waals surface area contributed by atoms with Crippen molar-refractivity contribution in [3.05, 3.63) is 421 Å². The third kappa shape index (κ3) is 21.1. The molecule has 0 saturated heterocycles. The molecular formula is C108H86F4N18. The molecule has 0 aliphatic heterocycles. The Labute approximate surface area is 749 Å². The summed E-state index contributed by atoms with van der Waals surface area (Å²) in [6.45, 7) is 14.4. The standard InChI is InChI=1S/C28H23FN4.C27H20F2N4.C27H23N5.C26H20FN5/c1-18-13-20(9-10-24(18)21-11-12-30-19(2)14-21)16-31-25-7-4-8-26-28(25)32-17-27(33-26)22-5-3-6-23(29)15-22;1-17-12-19(10-11-30-17)22-9-8-18(13-23(22)29)15-31-24-6-3-7-25-27(24)32-16-26(33-25)20-4-2-5-21(28)14-20;1-18-14-22(10-12-28-18)21-8-6-20(7-9-21)16-30-24-4-3-5-25-27(24)31-17-26(32-25)23-11-13-29-19(2)15-23;1-17-12-20(10-11-28-17)22-9-8-18(14-29-22)15-30-23-6-3-7-24-26(23)31-16-25(32-24)19-4-2-5-21(27)13-19/h3-15,17,31H,16H2,1-2H3;2-14,16,31H,15H2,1H3;3-15,17,30H,16H2,1-2H3;2-14,16,30H,15H2,1H3. The van der Waals surface area contributed by atoms with E-state index in [9.17, 15) is 17.6 Å². The van der Waals surface area contributed by atoms with Crippen LogP contribution in [0.2, 0.25) is 0 Å². The molecule has 0 atom stereocenters. The van der Waals surface area contributed by atoms with Crippen LogP contribution in [-0.4, -0.2) is 69.8 Å². The number of rotatable bonds is 20. The SMILES string of the molecule is Cc1cc(-c2ccc(CNc3cccc4nc(-c5cccc(F)c5)cnc34)cc2C)ccn1.Cc1cc(-c2ccc(CNc3cccc4nc(-c5cccc(F)c5)cnc34)cc2F)ccn1.Cc1cc(-c2ccc(CNc3cccc4nc(-c5cccc(F)c5)cnc34)cn2)ccn1.Cc1cc(-c2ccc(CNc3cccc4nc(-c5ccnc(C)c5)cnc34)cc2)ccn1. The molecule has 0 saturated carbocycles. The van der Waals surface area contributed by atoms with E-state index in [4.69, 9.17) is 15.0 Å². The Morgan fingerprint density at radius 2 is 0.538 bits per heavy atom. The number of hydrogen-bond donors (Lipinski definition) is 4. The molecule has 0 amide bonds. The highest BCUT2D eigenvalue weighted by atomic mass is 19.1. The largest absolute Gasteiger partial charge is 0.379 e. The van der Waals surface area contributed by atoms with Gasteiger partial charge in [0.15, 0.2) is 0 Å². The topological polar surface area (TPSA) is 229 Å². The molecule has 0 aliphatic rings. The molecule has 10 aromatic carbocycles. The molecule has 18 nitrogen and oxygen atoms in total. The third-order valence-corrected chi connectivity index (χ3v) is 21.7. The van der Waals surface area contributed by atoms with Crippen LogP contribution in [0.25, 0.3) is 134 Å². The van der Waals surface area contributed by atoms with E-state index in [1.54, 1.807) is 73.6 Å². The van der Waals surface area contributed by atoms with Crippen LogP contribution in [0.5, 0.6) is 0 Å². The lowest BCUT2D eigenvalue weighted by Crippen LogP contribution is -2.02. The zero-order valence-corrected chi connectivity index (χ0v) is 71.9. The molecule has 0 spiro atoms. The van der Waals surface area contributed by atoms with Crippen molar-refractivity contribution in [2.45, 2.75) is 67.7 Å².